The molecule has 0 aliphatic carbocycles. The van der Waals surface area contributed by atoms with E-state index >= 15 is 0 Å². The van der Waals surface area contributed by atoms with Gasteiger partial charge in [-0.25, -0.2) is 9.97 Å². The molecule has 3 rings (SSSR count). The van der Waals surface area contributed by atoms with Crippen molar-refractivity contribution in [2.45, 2.75) is 6.42 Å². The molecule has 0 saturated heterocycles. The molecule has 0 unspecified atom stereocenters. The lowest BCUT2D eigenvalue weighted by Gasteiger charge is -2.10. The molecule has 1 N–H and O–H groups in total. The number of ether oxygens (including phenoxy) is 1. The van der Waals surface area contributed by atoms with E-state index in [1.807, 2.05) is 36.5 Å². The predicted octanol–water partition coefficient (Wildman–Crippen LogP) is 3.75. The van der Waals surface area contributed by atoms with Gasteiger partial charge < -0.3 is 9.72 Å². The number of nitrogens with one attached hydrogen (secondary N) is 1. The molecule has 0 aliphatic rings. The first-order valence-corrected chi connectivity index (χ1v) is 7.02. The second kappa shape index (κ2) is 6.41. The number of H-pyrrole nitrogens is 1. The Balaban J connectivity index is 1.67. The summed E-state index contributed by atoms with van der Waals surface area (Å²) < 4.78 is 5.88. The van der Waals surface area contributed by atoms with Crippen LogP contribution >= 0.6 is 11.6 Å². The van der Waals surface area contributed by atoms with Crippen LogP contribution in [0.4, 0.5) is 0 Å². The van der Waals surface area contributed by atoms with E-state index in [-0.39, 0.29) is 0 Å². The van der Waals surface area contributed by atoms with Gasteiger partial charge in [0.15, 0.2) is 0 Å². The Morgan fingerprint density at radius 3 is 2.76 bits per heavy atom. The van der Waals surface area contributed by atoms with E-state index in [4.69, 9.17) is 16.3 Å². The number of rotatable bonds is 5. The number of halogens is 1. The zero-order valence-electron chi connectivity index (χ0n) is 11.3. The summed E-state index contributed by atoms with van der Waals surface area (Å²) >= 11 is 5.77. The normalized spacial score (nSPS) is 10.5. The maximum Gasteiger partial charge on any atom is 0.129 e. The Labute approximate surface area is 127 Å². The van der Waals surface area contributed by atoms with Gasteiger partial charge in [-0.1, -0.05) is 29.8 Å². The summed E-state index contributed by atoms with van der Waals surface area (Å²) in [5, 5.41) is 0.503. The summed E-state index contributed by atoms with van der Waals surface area (Å²) in [5.41, 5.74) is 2.95. The average Bonchev–Trinajstić information content (AvgIpc) is 3.04. The topological polar surface area (TPSA) is 50.8 Å². The maximum absolute atomic E-state index is 5.88. The monoisotopic (exact) mass is 299 g/mol. The Morgan fingerprint density at radius 1 is 1.10 bits per heavy atom. The molecule has 0 atom stereocenters. The van der Waals surface area contributed by atoms with Crippen LogP contribution in [0.2, 0.25) is 5.15 Å². The smallest absolute Gasteiger partial charge is 0.129 e. The molecule has 2 heterocycles. The SMILES string of the molecule is Clc1ccc(CCOc2ccccc2-c2c[nH]cn2)cn1. The molecule has 0 fully saturated rings. The minimum Gasteiger partial charge on any atom is -0.493 e. The Kier molecular flexibility index (Phi) is 4.17. The number of nitrogens with zero attached hydrogens (tertiary/aromatic N) is 2. The van der Waals surface area contributed by atoms with Gasteiger partial charge >= 0.3 is 0 Å². The number of benzene rings is 1. The lowest BCUT2D eigenvalue weighted by molar-refractivity contribution is 0.323. The number of hydrogen-bond donors (Lipinski definition) is 1. The number of hydrogen-bond acceptors (Lipinski definition) is 3. The molecular formula is C16H14ClN3O. The molecule has 21 heavy (non-hydrogen) atoms. The number of para-hydroxylation sites is 1. The van der Waals surface area contributed by atoms with Crippen LogP contribution in [0, 0.1) is 0 Å². The molecule has 0 spiro atoms. The van der Waals surface area contributed by atoms with Crippen molar-refractivity contribution in [3.05, 3.63) is 65.8 Å². The van der Waals surface area contributed by atoms with Crippen LogP contribution in [-0.2, 0) is 6.42 Å². The Bertz CT molecular complexity index is 696. The van der Waals surface area contributed by atoms with Gasteiger partial charge in [-0.2, -0.15) is 0 Å². The van der Waals surface area contributed by atoms with Crippen molar-refractivity contribution in [2.75, 3.05) is 6.61 Å². The van der Waals surface area contributed by atoms with Gasteiger partial charge in [-0.15, -0.1) is 0 Å². The molecule has 2 aromatic heterocycles. The zero-order valence-corrected chi connectivity index (χ0v) is 12.0. The largest absolute Gasteiger partial charge is 0.493 e. The van der Waals surface area contributed by atoms with Gasteiger partial charge in [-0.3, -0.25) is 0 Å². The summed E-state index contributed by atoms with van der Waals surface area (Å²) in [6.45, 7) is 0.574. The third-order valence-electron chi connectivity index (χ3n) is 3.10. The van der Waals surface area contributed by atoms with E-state index in [9.17, 15) is 0 Å². The van der Waals surface area contributed by atoms with Crippen molar-refractivity contribution >= 4 is 11.6 Å². The van der Waals surface area contributed by atoms with Gasteiger partial charge in [0.2, 0.25) is 0 Å². The highest BCUT2D eigenvalue weighted by atomic mass is 35.5. The highest BCUT2D eigenvalue weighted by molar-refractivity contribution is 6.29. The first-order valence-electron chi connectivity index (χ1n) is 6.64. The van der Waals surface area contributed by atoms with Crippen molar-refractivity contribution in [1.82, 2.24) is 15.0 Å². The quantitative estimate of drug-likeness (QED) is 0.730. The molecule has 1 aromatic carbocycles. The fourth-order valence-electron chi connectivity index (χ4n) is 2.04. The third-order valence-corrected chi connectivity index (χ3v) is 3.32. The van der Waals surface area contributed by atoms with Crippen molar-refractivity contribution < 1.29 is 4.74 Å². The standard InChI is InChI=1S/C16H14ClN3O/c17-16-6-5-12(9-19-16)7-8-21-15-4-2-1-3-13(15)14-10-18-11-20-14/h1-6,9-11H,7-8H2,(H,18,20). The minimum atomic E-state index is 0.503. The summed E-state index contributed by atoms with van der Waals surface area (Å²) in [7, 11) is 0. The van der Waals surface area contributed by atoms with E-state index < -0.39 is 0 Å². The van der Waals surface area contributed by atoms with E-state index in [1.165, 1.54) is 0 Å². The molecule has 0 aliphatic heterocycles. The summed E-state index contributed by atoms with van der Waals surface area (Å²) in [5.74, 6) is 0.825. The maximum atomic E-state index is 5.88. The number of imidazole rings is 1. The van der Waals surface area contributed by atoms with Gasteiger partial charge in [0, 0.05) is 24.4 Å². The summed E-state index contributed by atoms with van der Waals surface area (Å²) in [6, 6.07) is 11.6. The summed E-state index contributed by atoms with van der Waals surface area (Å²) in [4.78, 5) is 11.3. The van der Waals surface area contributed by atoms with E-state index in [2.05, 4.69) is 15.0 Å². The van der Waals surface area contributed by atoms with Gasteiger partial charge in [-0.05, 0) is 23.8 Å². The number of aromatic nitrogens is 3. The Morgan fingerprint density at radius 2 is 2.00 bits per heavy atom. The van der Waals surface area contributed by atoms with Crippen molar-refractivity contribution in [1.29, 1.82) is 0 Å². The minimum absolute atomic E-state index is 0.503. The average molecular weight is 300 g/mol. The first-order chi connectivity index (χ1) is 10.3. The molecule has 4 nitrogen and oxygen atoms in total. The van der Waals surface area contributed by atoms with E-state index in [0.717, 1.165) is 29.0 Å². The predicted molar refractivity (Wildman–Crippen MR) is 82.5 cm³/mol. The van der Waals surface area contributed by atoms with Crippen LogP contribution in [0.5, 0.6) is 5.75 Å². The number of aromatic amines is 1. The van der Waals surface area contributed by atoms with Crippen molar-refractivity contribution in [3.8, 4) is 17.0 Å². The summed E-state index contributed by atoms with van der Waals surface area (Å²) in [6.07, 6.45) is 6.06. The van der Waals surface area contributed by atoms with Crippen LogP contribution in [0.15, 0.2) is 55.1 Å². The first kappa shape index (κ1) is 13.6. The van der Waals surface area contributed by atoms with E-state index in [1.54, 1.807) is 18.6 Å². The second-order valence-corrected chi connectivity index (χ2v) is 4.93. The fraction of sp³-hybridized carbons (Fsp3) is 0.125. The molecule has 0 amide bonds. The fourth-order valence-corrected chi connectivity index (χ4v) is 2.16. The van der Waals surface area contributed by atoms with Crippen LogP contribution in [-0.4, -0.2) is 21.6 Å². The lowest BCUT2D eigenvalue weighted by atomic mass is 10.1. The molecular weight excluding hydrogens is 286 g/mol. The van der Waals surface area contributed by atoms with Gasteiger partial charge in [0.1, 0.15) is 10.9 Å². The highest BCUT2D eigenvalue weighted by Crippen LogP contribution is 2.27. The van der Waals surface area contributed by atoms with Crippen molar-refractivity contribution in [3.63, 3.8) is 0 Å². The zero-order chi connectivity index (χ0) is 14.5. The van der Waals surface area contributed by atoms with Gasteiger partial charge in [0.25, 0.3) is 0 Å². The molecule has 5 heteroatoms. The third kappa shape index (κ3) is 3.41. The molecule has 0 saturated carbocycles. The number of pyridine rings is 1. The lowest BCUT2D eigenvalue weighted by Crippen LogP contribution is -2.02. The molecule has 3 aromatic rings. The van der Waals surface area contributed by atoms with E-state index in [0.29, 0.717) is 11.8 Å². The Hall–Kier alpha value is -2.33. The van der Waals surface area contributed by atoms with Crippen LogP contribution in [0.1, 0.15) is 5.56 Å². The second-order valence-electron chi connectivity index (χ2n) is 4.54. The highest BCUT2D eigenvalue weighted by Gasteiger charge is 2.07. The molecule has 0 bridgehead atoms. The van der Waals surface area contributed by atoms with Crippen LogP contribution in [0.25, 0.3) is 11.3 Å². The molecule has 106 valence electrons. The van der Waals surface area contributed by atoms with Crippen LogP contribution in [0.3, 0.4) is 0 Å². The van der Waals surface area contributed by atoms with Gasteiger partial charge in [0.05, 0.1) is 18.6 Å². The molecule has 0 radical (unpaired) electrons. The van der Waals surface area contributed by atoms with Crippen molar-refractivity contribution in [2.24, 2.45) is 0 Å². The van der Waals surface area contributed by atoms with Crippen LogP contribution < -0.4 is 4.74 Å².